The number of hydrogen-bond donors (Lipinski definition) is 1. The van der Waals surface area contributed by atoms with Gasteiger partial charge in [0.05, 0.1) is 25.4 Å². The van der Waals surface area contributed by atoms with Crippen LogP contribution < -0.4 is 15.2 Å². The molecule has 1 aromatic carbocycles. The van der Waals surface area contributed by atoms with Crippen molar-refractivity contribution in [2.75, 3.05) is 19.5 Å². The van der Waals surface area contributed by atoms with E-state index in [0.717, 1.165) is 19.4 Å². The molecule has 1 saturated heterocycles. The van der Waals surface area contributed by atoms with Crippen LogP contribution in [-0.4, -0.2) is 24.4 Å². The third-order valence-electron chi connectivity index (χ3n) is 3.86. The van der Waals surface area contributed by atoms with Crippen molar-refractivity contribution in [3.05, 3.63) is 36.0 Å². The van der Waals surface area contributed by atoms with Gasteiger partial charge in [-0.2, -0.15) is 5.26 Å². The molecule has 2 aromatic rings. The van der Waals surface area contributed by atoms with E-state index < -0.39 is 0 Å². The molecule has 1 atom stereocenters. The van der Waals surface area contributed by atoms with E-state index in [-0.39, 0.29) is 6.10 Å². The summed E-state index contributed by atoms with van der Waals surface area (Å²) in [5.74, 6) is 1.76. The Morgan fingerprint density at radius 1 is 1.39 bits per heavy atom. The molecule has 6 nitrogen and oxygen atoms in total. The second-order valence-electron chi connectivity index (χ2n) is 5.43. The van der Waals surface area contributed by atoms with Crippen molar-refractivity contribution in [3.8, 4) is 23.4 Å². The zero-order chi connectivity index (χ0) is 16.2. The molecule has 0 amide bonds. The molecule has 1 fully saturated rings. The summed E-state index contributed by atoms with van der Waals surface area (Å²) in [6.07, 6.45) is 2.10. The van der Waals surface area contributed by atoms with Crippen LogP contribution >= 0.6 is 0 Å². The zero-order valence-electron chi connectivity index (χ0n) is 13.0. The van der Waals surface area contributed by atoms with Gasteiger partial charge < -0.3 is 19.9 Å². The topological polar surface area (TPSA) is 82.4 Å². The Morgan fingerprint density at radius 3 is 2.91 bits per heavy atom. The van der Waals surface area contributed by atoms with Gasteiger partial charge in [-0.25, -0.2) is 0 Å². The van der Waals surface area contributed by atoms with Crippen LogP contribution in [-0.2, 0) is 11.3 Å². The van der Waals surface area contributed by atoms with Crippen molar-refractivity contribution in [2.24, 2.45) is 0 Å². The molecule has 2 heterocycles. The molecule has 6 heteroatoms. The monoisotopic (exact) mass is 313 g/mol. The lowest BCUT2D eigenvalue weighted by molar-refractivity contribution is 0.0952. The first-order chi connectivity index (χ1) is 11.2. The smallest absolute Gasteiger partial charge is 0.224 e. The predicted molar refractivity (Wildman–Crippen MR) is 85.6 cm³/mol. The summed E-state index contributed by atoms with van der Waals surface area (Å²) in [5.41, 5.74) is 6.94. The molecule has 23 heavy (non-hydrogen) atoms. The molecular formula is C17H19N3O3. The normalized spacial score (nSPS) is 17.0. The lowest BCUT2D eigenvalue weighted by Gasteiger charge is -2.16. The van der Waals surface area contributed by atoms with Crippen LogP contribution in [0.25, 0.3) is 0 Å². The number of hydrogen-bond acceptors (Lipinski definition) is 5. The lowest BCUT2D eigenvalue weighted by atomic mass is 10.2. The van der Waals surface area contributed by atoms with Gasteiger partial charge in [0, 0.05) is 18.7 Å². The maximum atomic E-state index is 9.34. The standard InChI is InChI=1S/C17H19N3O3/c1-21-13-4-2-5-14(9-13)23-17-16(19)8-12(10-18)20(17)11-15-6-3-7-22-15/h2,4-5,8-9,15H,3,6-7,11,19H2,1H3/t15-/m0/s1. The number of aromatic nitrogens is 1. The number of nitriles is 1. The van der Waals surface area contributed by atoms with Crippen LogP contribution in [0.3, 0.4) is 0 Å². The fourth-order valence-electron chi connectivity index (χ4n) is 2.71. The van der Waals surface area contributed by atoms with Crippen molar-refractivity contribution >= 4 is 5.69 Å². The van der Waals surface area contributed by atoms with Crippen molar-refractivity contribution in [3.63, 3.8) is 0 Å². The quantitative estimate of drug-likeness (QED) is 0.917. The Morgan fingerprint density at radius 2 is 2.22 bits per heavy atom. The van der Waals surface area contributed by atoms with Crippen molar-refractivity contribution < 1.29 is 14.2 Å². The minimum atomic E-state index is 0.0848. The van der Waals surface area contributed by atoms with Crippen molar-refractivity contribution in [1.82, 2.24) is 4.57 Å². The average molecular weight is 313 g/mol. The molecule has 0 saturated carbocycles. The Labute approximate surface area is 135 Å². The van der Waals surface area contributed by atoms with E-state index in [1.54, 1.807) is 23.8 Å². The van der Waals surface area contributed by atoms with Crippen LogP contribution in [0, 0.1) is 11.3 Å². The van der Waals surface area contributed by atoms with Crippen LogP contribution in [0.1, 0.15) is 18.5 Å². The number of nitrogen functional groups attached to an aromatic ring is 1. The summed E-state index contributed by atoms with van der Waals surface area (Å²) in [7, 11) is 1.60. The number of nitrogens with zero attached hydrogens (tertiary/aromatic N) is 2. The fraction of sp³-hybridized carbons (Fsp3) is 0.353. The maximum Gasteiger partial charge on any atom is 0.224 e. The third kappa shape index (κ3) is 3.25. The van der Waals surface area contributed by atoms with Gasteiger partial charge in [-0.1, -0.05) is 6.07 Å². The Balaban J connectivity index is 1.90. The first kappa shape index (κ1) is 15.3. The highest BCUT2D eigenvalue weighted by atomic mass is 16.5. The Bertz CT molecular complexity index is 727. The molecule has 1 aromatic heterocycles. The van der Waals surface area contributed by atoms with E-state index in [2.05, 4.69) is 6.07 Å². The number of anilines is 1. The van der Waals surface area contributed by atoms with E-state index in [1.165, 1.54) is 0 Å². The molecule has 0 unspecified atom stereocenters. The first-order valence-electron chi connectivity index (χ1n) is 7.54. The Kier molecular flexibility index (Phi) is 4.40. The van der Waals surface area contributed by atoms with Gasteiger partial charge in [0.1, 0.15) is 23.3 Å². The number of ether oxygens (including phenoxy) is 3. The van der Waals surface area contributed by atoms with Gasteiger partial charge in [-0.15, -0.1) is 0 Å². The molecule has 0 radical (unpaired) electrons. The molecule has 0 aliphatic carbocycles. The molecular weight excluding hydrogens is 294 g/mol. The molecule has 2 N–H and O–H groups in total. The van der Waals surface area contributed by atoms with Gasteiger partial charge >= 0.3 is 0 Å². The van der Waals surface area contributed by atoms with E-state index in [4.69, 9.17) is 19.9 Å². The SMILES string of the molecule is COc1cccc(Oc2c(N)cc(C#N)n2C[C@@H]2CCCO2)c1. The van der Waals surface area contributed by atoms with E-state index in [0.29, 0.717) is 35.3 Å². The summed E-state index contributed by atoms with van der Waals surface area (Å²) < 4.78 is 18.6. The van der Waals surface area contributed by atoms with Gasteiger partial charge in [-0.3, -0.25) is 4.57 Å². The minimum absolute atomic E-state index is 0.0848. The van der Waals surface area contributed by atoms with Gasteiger partial charge in [0.15, 0.2) is 0 Å². The van der Waals surface area contributed by atoms with Gasteiger partial charge in [0.25, 0.3) is 0 Å². The second-order valence-corrected chi connectivity index (χ2v) is 5.43. The summed E-state index contributed by atoms with van der Waals surface area (Å²) in [5, 5.41) is 9.34. The van der Waals surface area contributed by atoms with Crippen molar-refractivity contribution in [2.45, 2.75) is 25.5 Å². The average Bonchev–Trinajstić information content (AvgIpc) is 3.18. The molecule has 3 rings (SSSR count). The van der Waals surface area contributed by atoms with E-state index in [1.807, 2.05) is 18.2 Å². The number of benzene rings is 1. The fourth-order valence-corrected chi connectivity index (χ4v) is 2.71. The third-order valence-corrected chi connectivity index (χ3v) is 3.86. The van der Waals surface area contributed by atoms with Crippen LogP contribution in [0.15, 0.2) is 30.3 Å². The van der Waals surface area contributed by atoms with Crippen molar-refractivity contribution in [1.29, 1.82) is 5.26 Å². The number of methoxy groups -OCH3 is 1. The second kappa shape index (κ2) is 6.63. The minimum Gasteiger partial charge on any atom is -0.497 e. The summed E-state index contributed by atoms with van der Waals surface area (Å²) in [6.45, 7) is 1.31. The largest absolute Gasteiger partial charge is 0.497 e. The van der Waals surface area contributed by atoms with Crippen LogP contribution in [0.2, 0.25) is 0 Å². The molecule has 120 valence electrons. The maximum absolute atomic E-state index is 9.34. The Hall–Kier alpha value is -2.65. The summed E-state index contributed by atoms with van der Waals surface area (Å²) in [6, 6.07) is 11.1. The summed E-state index contributed by atoms with van der Waals surface area (Å²) >= 11 is 0. The highest BCUT2D eigenvalue weighted by Gasteiger charge is 2.22. The van der Waals surface area contributed by atoms with E-state index >= 15 is 0 Å². The molecule has 1 aliphatic rings. The van der Waals surface area contributed by atoms with Gasteiger partial charge in [-0.05, 0) is 25.0 Å². The highest BCUT2D eigenvalue weighted by Crippen LogP contribution is 2.33. The van der Waals surface area contributed by atoms with Crippen LogP contribution in [0.5, 0.6) is 17.4 Å². The highest BCUT2D eigenvalue weighted by molar-refractivity contribution is 5.56. The van der Waals surface area contributed by atoms with E-state index in [9.17, 15) is 5.26 Å². The first-order valence-corrected chi connectivity index (χ1v) is 7.54. The number of nitrogens with two attached hydrogens (primary N) is 1. The molecule has 0 spiro atoms. The summed E-state index contributed by atoms with van der Waals surface area (Å²) in [4.78, 5) is 0. The zero-order valence-corrected chi connectivity index (χ0v) is 13.0. The molecule has 0 bridgehead atoms. The predicted octanol–water partition coefficient (Wildman–Crippen LogP) is 2.92. The van der Waals surface area contributed by atoms with Gasteiger partial charge in [0.2, 0.25) is 5.88 Å². The van der Waals surface area contributed by atoms with Crippen LogP contribution in [0.4, 0.5) is 5.69 Å². The molecule has 1 aliphatic heterocycles. The number of rotatable bonds is 5. The lowest BCUT2D eigenvalue weighted by Crippen LogP contribution is -2.16.